The summed E-state index contributed by atoms with van der Waals surface area (Å²) in [6.07, 6.45) is 2.48. The number of nitrogens with two attached hydrogens (primary N) is 1. The van der Waals surface area contributed by atoms with Gasteiger partial charge < -0.3 is 5.73 Å². The van der Waals surface area contributed by atoms with Crippen LogP contribution >= 0.6 is 34.8 Å². The van der Waals surface area contributed by atoms with Crippen LogP contribution in [0.4, 0.5) is 0 Å². The van der Waals surface area contributed by atoms with Crippen LogP contribution in [0.15, 0.2) is 12.1 Å². The fourth-order valence-electron chi connectivity index (χ4n) is 2.80. The molecule has 1 unspecified atom stereocenters. The van der Waals surface area contributed by atoms with Crippen molar-refractivity contribution in [1.29, 1.82) is 0 Å². The zero-order chi connectivity index (χ0) is 20.4. The van der Waals surface area contributed by atoms with Crippen molar-refractivity contribution in [1.82, 2.24) is 4.31 Å². The average Bonchev–Trinajstić information content (AvgIpc) is 3.41. The molecule has 0 saturated heterocycles. The maximum atomic E-state index is 13.1. The molecule has 1 saturated carbocycles. The van der Waals surface area contributed by atoms with E-state index in [4.69, 9.17) is 40.5 Å². The summed E-state index contributed by atoms with van der Waals surface area (Å²) in [6, 6.07) is 0.947. The number of hydrogen-bond acceptors (Lipinski definition) is 4. The monoisotopic (exact) mass is 454 g/mol. The minimum atomic E-state index is -4.10. The number of primary amides is 1. The van der Waals surface area contributed by atoms with Crippen LogP contribution in [0.5, 0.6) is 0 Å². The predicted molar refractivity (Wildman–Crippen MR) is 106 cm³/mol. The van der Waals surface area contributed by atoms with Crippen molar-refractivity contribution in [3.8, 4) is 0 Å². The first-order valence-electron chi connectivity index (χ1n) is 8.55. The van der Waals surface area contributed by atoms with Crippen LogP contribution in [0.3, 0.4) is 0 Å². The Labute approximate surface area is 174 Å². The summed E-state index contributed by atoms with van der Waals surface area (Å²) >= 11 is 18.2. The largest absolute Gasteiger partial charge is 0.368 e. The Morgan fingerprint density at radius 2 is 1.81 bits per heavy atom. The highest BCUT2D eigenvalue weighted by Gasteiger charge is 2.47. The minimum Gasteiger partial charge on any atom is -0.368 e. The molecular formula is C17H21Cl3N2O4S. The van der Waals surface area contributed by atoms with Crippen LogP contribution in [0, 0.1) is 0 Å². The fraction of sp³-hybridized carbons (Fsp3) is 0.529. The molecule has 1 aliphatic carbocycles. The van der Waals surface area contributed by atoms with Gasteiger partial charge in [-0.25, -0.2) is 8.42 Å². The van der Waals surface area contributed by atoms with E-state index in [0.717, 1.165) is 10.7 Å². The smallest absolute Gasteiger partial charge is 0.243 e. The summed E-state index contributed by atoms with van der Waals surface area (Å²) in [5.41, 5.74) is 5.54. The normalized spacial score (nSPS) is 15.7. The molecule has 10 heteroatoms. The molecule has 27 heavy (non-hydrogen) atoms. The Hall–Kier alpha value is -0.860. The van der Waals surface area contributed by atoms with Crippen molar-refractivity contribution >= 4 is 56.5 Å². The fourth-order valence-corrected chi connectivity index (χ4v) is 5.66. The average molecular weight is 456 g/mol. The van der Waals surface area contributed by atoms with E-state index in [9.17, 15) is 18.0 Å². The molecule has 2 N–H and O–H groups in total. The number of carbonyl (C=O) groups is 2. The number of ketones is 1. The van der Waals surface area contributed by atoms with Gasteiger partial charge in [0.2, 0.25) is 15.9 Å². The van der Waals surface area contributed by atoms with Crippen LogP contribution < -0.4 is 5.73 Å². The zero-order valence-corrected chi connectivity index (χ0v) is 17.8. The number of amides is 1. The van der Waals surface area contributed by atoms with E-state index in [1.165, 1.54) is 12.1 Å². The van der Waals surface area contributed by atoms with E-state index in [1.54, 1.807) is 0 Å². The highest BCUT2D eigenvalue weighted by atomic mass is 35.5. The van der Waals surface area contributed by atoms with Crippen molar-refractivity contribution in [2.75, 3.05) is 0 Å². The number of sulfonamides is 1. The van der Waals surface area contributed by atoms with Gasteiger partial charge in [0.1, 0.15) is 0 Å². The zero-order valence-electron chi connectivity index (χ0n) is 14.8. The lowest BCUT2D eigenvalue weighted by molar-refractivity contribution is -0.132. The Morgan fingerprint density at radius 1 is 1.22 bits per heavy atom. The Kier molecular flexibility index (Phi) is 7.55. The Morgan fingerprint density at radius 3 is 2.33 bits per heavy atom. The van der Waals surface area contributed by atoms with Crippen molar-refractivity contribution in [3.63, 3.8) is 0 Å². The van der Waals surface area contributed by atoms with E-state index < -0.39 is 39.6 Å². The number of halogens is 3. The highest BCUT2D eigenvalue weighted by Crippen LogP contribution is 2.37. The number of unbranched alkanes of at least 4 members (excludes halogenated alkanes) is 1. The molecule has 1 aliphatic rings. The first-order valence-corrected chi connectivity index (χ1v) is 11.3. The van der Waals surface area contributed by atoms with E-state index in [2.05, 4.69) is 0 Å². The molecule has 1 aromatic rings. The minimum absolute atomic E-state index is 0.0245. The Bertz CT molecular complexity index is 841. The second-order valence-electron chi connectivity index (χ2n) is 6.51. The summed E-state index contributed by atoms with van der Waals surface area (Å²) in [6.45, 7) is 1.89. The number of benzene rings is 1. The van der Waals surface area contributed by atoms with Gasteiger partial charge in [-0.1, -0.05) is 48.1 Å². The molecule has 1 aromatic carbocycles. The van der Waals surface area contributed by atoms with Crippen molar-refractivity contribution in [3.05, 3.63) is 32.8 Å². The van der Waals surface area contributed by atoms with E-state index in [0.29, 0.717) is 19.3 Å². The van der Waals surface area contributed by atoms with Gasteiger partial charge in [-0.15, -0.1) is 0 Å². The summed E-state index contributed by atoms with van der Waals surface area (Å²) in [7, 11) is -4.10. The van der Waals surface area contributed by atoms with Gasteiger partial charge in [0, 0.05) is 23.0 Å². The van der Waals surface area contributed by atoms with Gasteiger partial charge in [0.05, 0.1) is 15.8 Å². The molecule has 6 nitrogen and oxygen atoms in total. The van der Waals surface area contributed by atoms with Gasteiger partial charge in [0.15, 0.2) is 11.8 Å². The topological polar surface area (TPSA) is 97.5 Å². The number of hydrogen-bond donors (Lipinski definition) is 1. The summed E-state index contributed by atoms with van der Waals surface area (Å²) in [5, 5.41) is 0.322. The number of Topliss-reactive ketones (excluding diaryl/α,β-unsaturated/α-hetero) is 1. The number of rotatable bonds is 10. The second kappa shape index (κ2) is 9.09. The number of nitrogens with zero attached hydrogens (tertiary/aromatic N) is 1. The molecule has 1 fully saturated rings. The summed E-state index contributed by atoms with van der Waals surface area (Å²) in [5.74, 6) is -2.05. The van der Waals surface area contributed by atoms with Gasteiger partial charge in [-0.3, -0.25) is 9.59 Å². The molecule has 1 atom stereocenters. The molecule has 0 aromatic heterocycles. The van der Waals surface area contributed by atoms with Gasteiger partial charge >= 0.3 is 0 Å². The standard InChI is InChI=1S/C17H21Cl3N2O4S/c1-2-3-4-14(23)16(17(21)24)22(10-5-6-10)27(25,26)9-11-12(18)7-8-13(19)15(11)20/h7-8,10,16H,2-6,9H2,1H3,(H2,21,24). The highest BCUT2D eigenvalue weighted by molar-refractivity contribution is 7.88. The molecular weight excluding hydrogens is 435 g/mol. The molecule has 150 valence electrons. The summed E-state index contributed by atoms with van der Waals surface area (Å²) in [4.78, 5) is 24.5. The lowest BCUT2D eigenvalue weighted by Crippen LogP contribution is -2.53. The van der Waals surface area contributed by atoms with Crippen molar-refractivity contribution < 1.29 is 18.0 Å². The van der Waals surface area contributed by atoms with Crippen LogP contribution in [0.1, 0.15) is 44.6 Å². The first kappa shape index (κ1) is 22.4. The molecule has 0 bridgehead atoms. The molecule has 0 radical (unpaired) electrons. The molecule has 0 spiro atoms. The lowest BCUT2D eigenvalue weighted by atomic mass is 10.1. The van der Waals surface area contributed by atoms with E-state index in [1.807, 2.05) is 6.92 Å². The third kappa shape index (κ3) is 5.35. The van der Waals surface area contributed by atoms with Gasteiger partial charge in [-0.2, -0.15) is 4.31 Å². The van der Waals surface area contributed by atoms with Crippen molar-refractivity contribution in [2.24, 2.45) is 5.73 Å². The third-order valence-corrected chi connectivity index (χ3v) is 7.30. The van der Waals surface area contributed by atoms with E-state index >= 15 is 0 Å². The van der Waals surface area contributed by atoms with Crippen LogP contribution in [0.25, 0.3) is 0 Å². The second-order valence-corrected chi connectivity index (χ2v) is 9.58. The summed E-state index contributed by atoms with van der Waals surface area (Å²) < 4.78 is 27.2. The van der Waals surface area contributed by atoms with Crippen LogP contribution in [-0.4, -0.2) is 36.5 Å². The SMILES string of the molecule is CCCCC(=O)C(C(N)=O)N(C1CC1)S(=O)(=O)Cc1c(Cl)ccc(Cl)c1Cl. The van der Waals surface area contributed by atoms with Crippen LogP contribution in [0.2, 0.25) is 15.1 Å². The first-order chi connectivity index (χ1) is 12.6. The quantitative estimate of drug-likeness (QED) is 0.431. The molecule has 1 amide bonds. The maximum absolute atomic E-state index is 13.1. The van der Waals surface area contributed by atoms with Gasteiger partial charge in [0.25, 0.3) is 0 Å². The maximum Gasteiger partial charge on any atom is 0.243 e. The van der Waals surface area contributed by atoms with Crippen LogP contribution in [-0.2, 0) is 25.4 Å². The van der Waals surface area contributed by atoms with Gasteiger partial charge in [-0.05, 0) is 31.4 Å². The lowest BCUT2D eigenvalue weighted by Gasteiger charge is -2.28. The molecule has 2 rings (SSSR count). The van der Waals surface area contributed by atoms with E-state index in [-0.39, 0.29) is 27.1 Å². The number of carbonyl (C=O) groups excluding carboxylic acids is 2. The van der Waals surface area contributed by atoms with Crippen molar-refractivity contribution in [2.45, 2.75) is 56.9 Å². The molecule has 0 heterocycles. The Balaban J connectivity index is 2.41. The predicted octanol–water partition coefficient (Wildman–Crippen LogP) is 3.55. The molecule has 0 aliphatic heterocycles. The third-order valence-electron chi connectivity index (χ3n) is 4.30.